The number of hydrogen-bond donors (Lipinski definition) is 1. The Kier molecular flexibility index (Phi) is 16.0. The maximum absolute atomic E-state index is 6.18. The first kappa shape index (κ1) is 30.7. The van der Waals surface area contributed by atoms with E-state index in [2.05, 4.69) is 68.0 Å². The Morgan fingerprint density at radius 3 is 2.45 bits per heavy atom. The molecule has 0 aromatic heterocycles. The van der Waals surface area contributed by atoms with Gasteiger partial charge in [-0.3, -0.25) is 0 Å². The number of nitrogens with zero attached hydrogens (tertiary/aromatic N) is 3. The van der Waals surface area contributed by atoms with Crippen molar-refractivity contribution in [2.75, 3.05) is 32.5 Å². The summed E-state index contributed by atoms with van der Waals surface area (Å²) in [5.41, 5.74) is 3.96. The van der Waals surface area contributed by atoms with Crippen LogP contribution in [0.4, 0.5) is 5.69 Å². The van der Waals surface area contributed by atoms with Crippen LogP contribution in [0.1, 0.15) is 53.9 Å². The van der Waals surface area contributed by atoms with E-state index in [1.807, 2.05) is 58.3 Å². The second-order valence-electron chi connectivity index (χ2n) is 7.84. The normalized spacial score (nSPS) is 14.8. The molecule has 33 heavy (non-hydrogen) atoms. The molecule has 1 aromatic rings. The number of likely N-dealkylation sites (N-methyl/N-ethyl adjacent to an activating group) is 1. The summed E-state index contributed by atoms with van der Waals surface area (Å²) in [5, 5.41) is 4.00. The van der Waals surface area contributed by atoms with Gasteiger partial charge in [0.1, 0.15) is 13.8 Å². The van der Waals surface area contributed by atoms with Gasteiger partial charge in [-0.2, -0.15) is 0 Å². The van der Waals surface area contributed by atoms with Gasteiger partial charge in [-0.05, 0) is 64.9 Å². The van der Waals surface area contributed by atoms with Gasteiger partial charge in [0.05, 0.1) is 22.1 Å². The maximum Gasteiger partial charge on any atom is 0.165 e. The summed E-state index contributed by atoms with van der Waals surface area (Å²) in [6, 6.07) is 8.18. The van der Waals surface area contributed by atoms with E-state index < -0.39 is 0 Å². The Balaban J connectivity index is 0.000000673. The van der Waals surface area contributed by atoms with Crippen molar-refractivity contribution in [1.82, 2.24) is 9.80 Å². The first-order valence-electron chi connectivity index (χ1n) is 12.0. The van der Waals surface area contributed by atoms with Gasteiger partial charge in [0.15, 0.2) is 6.20 Å². The summed E-state index contributed by atoms with van der Waals surface area (Å²) < 4.78 is 1.81. The van der Waals surface area contributed by atoms with E-state index in [1.165, 1.54) is 12.8 Å². The van der Waals surface area contributed by atoms with E-state index in [9.17, 15) is 0 Å². The summed E-state index contributed by atoms with van der Waals surface area (Å²) in [6.45, 7) is 24.5. The van der Waals surface area contributed by atoms with Crippen molar-refractivity contribution >= 4 is 24.0 Å². The Morgan fingerprint density at radius 1 is 1.30 bits per heavy atom. The van der Waals surface area contributed by atoms with Crippen LogP contribution in [0.2, 0.25) is 5.02 Å². The van der Waals surface area contributed by atoms with E-state index >= 15 is 0 Å². The van der Waals surface area contributed by atoms with Gasteiger partial charge in [-0.25, -0.2) is 4.58 Å². The summed E-state index contributed by atoms with van der Waals surface area (Å²) in [6.07, 6.45) is 9.65. The molecule has 1 heterocycles. The van der Waals surface area contributed by atoms with E-state index in [1.54, 1.807) is 4.58 Å². The molecule has 1 N–H and O–H groups in total. The van der Waals surface area contributed by atoms with Gasteiger partial charge < -0.3 is 15.1 Å². The monoisotopic (exact) mass is 473 g/mol. The number of halogens is 1. The number of likely N-dealkylation sites (tertiary alicyclic amines) is 1. The zero-order chi connectivity index (χ0) is 25.4. The van der Waals surface area contributed by atoms with Crippen molar-refractivity contribution in [1.29, 1.82) is 0 Å². The van der Waals surface area contributed by atoms with Crippen molar-refractivity contribution in [3.05, 3.63) is 77.9 Å². The van der Waals surface area contributed by atoms with Gasteiger partial charge >= 0.3 is 0 Å². The third kappa shape index (κ3) is 11.4. The van der Waals surface area contributed by atoms with Crippen LogP contribution >= 0.6 is 11.6 Å². The van der Waals surface area contributed by atoms with E-state index in [4.69, 9.17) is 11.6 Å². The molecular formula is C28H46ClN4+. The zero-order valence-corrected chi connectivity index (χ0v) is 22.8. The van der Waals surface area contributed by atoms with Gasteiger partial charge in [0.25, 0.3) is 0 Å². The number of nitrogens with one attached hydrogen (secondary N) is 1. The van der Waals surface area contributed by atoms with Gasteiger partial charge in [-0.1, -0.05) is 63.7 Å². The lowest BCUT2D eigenvalue weighted by atomic mass is 10.1. The Bertz CT molecular complexity index is 810. The molecule has 1 aliphatic heterocycles. The Morgan fingerprint density at radius 2 is 1.94 bits per heavy atom. The Hall–Kier alpha value is -2.30. The molecule has 0 bridgehead atoms. The first-order valence-corrected chi connectivity index (χ1v) is 12.3. The summed E-state index contributed by atoms with van der Waals surface area (Å²) in [4.78, 5) is 4.51. The molecule has 0 aliphatic carbocycles. The third-order valence-corrected chi connectivity index (χ3v) is 5.65. The van der Waals surface area contributed by atoms with E-state index in [0.29, 0.717) is 11.1 Å². The molecule has 1 atom stereocenters. The summed E-state index contributed by atoms with van der Waals surface area (Å²) >= 11 is 6.18. The van der Waals surface area contributed by atoms with Gasteiger partial charge in [-0.15, -0.1) is 0 Å². The van der Waals surface area contributed by atoms with Crippen molar-refractivity contribution in [2.45, 2.75) is 59.9 Å². The maximum atomic E-state index is 6.18. The SMILES string of the molecule is C=C(Nc1ccccc1Cl)/C(=C/C)N1CCCCC1=C.C=[N+](C)/C=C/[C@H](C)N(C)CC.CC. The average molecular weight is 474 g/mol. The van der Waals surface area contributed by atoms with Crippen molar-refractivity contribution in [2.24, 2.45) is 0 Å². The zero-order valence-electron chi connectivity index (χ0n) is 22.0. The standard InChI is InChI=1S/C17H21ClN2.C9H19N2.C2H6/c1-4-17(20-12-8-7-9-13(20)2)14(3)19-16-11-6-5-10-15(16)18;1-6-11(5)9(2)7-8-10(3)4;1-2/h4-6,10-11,19H,2-3,7-9,12H2,1H3;7-9H,3,6H2,1-2,4-5H3;1-2H3/q;+1;/b17-4-;8-7+;/t;9-;/m.0./s1. The molecule has 184 valence electrons. The van der Waals surface area contributed by atoms with E-state index in [-0.39, 0.29) is 0 Å². The molecular weight excluding hydrogens is 428 g/mol. The molecule has 1 fully saturated rings. The van der Waals surface area contributed by atoms with Crippen LogP contribution in [0.25, 0.3) is 0 Å². The Labute approximate surface area is 208 Å². The van der Waals surface area contributed by atoms with Crippen LogP contribution in [-0.2, 0) is 0 Å². The lowest BCUT2D eigenvalue weighted by Gasteiger charge is -2.34. The number of rotatable bonds is 8. The number of piperidine rings is 1. The molecule has 4 nitrogen and oxygen atoms in total. The molecule has 1 aliphatic rings. The fourth-order valence-electron chi connectivity index (χ4n) is 3.17. The molecule has 1 aromatic carbocycles. The van der Waals surface area contributed by atoms with Crippen LogP contribution < -0.4 is 5.32 Å². The number of para-hydroxylation sites is 1. The molecule has 0 radical (unpaired) electrons. The van der Waals surface area contributed by atoms with Crippen molar-refractivity contribution < 1.29 is 4.58 Å². The van der Waals surface area contributed by atoms with Crippen LogP contribution in [0.3, 0.4) is 0 Å². The smallest absolute Gasteiger partial charge is 0.165 e. The predicted molar refractivity (Wildman–Crippen MR) is 149 cm³/mol. The van der Waals surface area contributed by atoms with Crippen LogP contribution in [0, 0.1) is 0 Å². The lowest BCUT2D eigenvalue weighted by molar-refractivity contribution is -0.412. The third-order valence-electron chi connectivity index (χ3n) is 5.32. The van der Waals surface area contributed by atoms with Crippen LogP contribution in [0.15, 0.2) is 72.9 Å². The fraction of sp³-hybridized carbons (Fsp3) is 0.464. The molecule has 0 unspecified atom stereocenters. The second kappa shape index (κ2) is 17.2. The van der Waals surface area contributed by atoms with Crippen molar-refractivity contribution in [3.63, 3.8) is 0 Å². The molecule has 0 amide bonds. The number of benzene rings is 1. The highest BCUT2D eigenvalue weighted by molar-refractivity contribution is 6.33. The minimum Gasteiger partial charge on any atom is -0.353 e. The molecule has 2 rings (SSSR count). The highest BCUT2D eigenvalue weighted by Gasteiger charge is 2.18. The largest absolute Gasteiger partial charge is 0.353 e. The lowest BCUT2D eigenvalue weighted by Crippen LogP contribution is -2.28. The number of allylic oxidation sites excluding steroid dienone is 2. The van der Waals surface area contributed by atoms with Crippen LogP contribution in [-0.4, -0.2) is 54.3 Å². The first-order chi connectivity index (χ1) is 15.7. The minimum atomic E-state index is 0.490. The summed E-state index contributed by atoms with van der Waals surface area (Å²) in [5.74, 6) is 0. The highest BCUT2D eigenvalue weighted by Crippen LogP contribution is 2.29. The van der Waals surface area contributed by atoms with Crippen molar-refractivity contribution in [3.8, 4) is 0 Å². The molecule has 5 heteroatoms. The fourth-order valence-corrected chi connectivity index (χ4v) is 3.35. The van der Waals surface area contributed by atoms with Crippen LogP contribution in [0.5, 0.6) is 0 Å². The second-order valence-corrected chi connectivity index (χ2v) is 8.25. The van der Waals surface area contributed by atoms with E-state index in [0.717, 1.165) is 42.3 Å². The summed E-state index contributed by atoms with van der Waals surface area (Å²) in [7, 11) is 4.03. The minimum absolute atomic E-state index is 0.490. The van der Waals surface area contributed by atoms with Gasteiger partial charge in [0, 0.05) is 18.3 Å². The number of anilines is 1. The highest BCUT2D eigenvalue weighted by atomic mass is 35.5. The predicted octanol–water partition coefficient (Wildman–Crippen LogP) is 7.38. The molecule has 0 spiro atoms. The quantitative estimate of drug-likeness (QED) is 0.242. The number of hydrogen-bond acceptors (Lipinski definition) is 3. The molecule has 0 saturated carbocycles. The molecule has 1 saturated heterocycles. The average Bonchev–Trinajstić information content (AvgIpc) is 2.81. The topological polar surface area (TPSA) is 21.5 Å². The van der Waals surface area contributed by atoms with Gasteiger partial charge in [0.2, 0.25) is 0 Å².